The summed E-state index contributed by atoms with van der Waals surface area (Å²) in [4.78, 5) is 14.3. The summed E-state index contributed by atoms with van der Waals surface area (Å²) in [6, 6.07) is 0.0831. The second-order valence-electron chi connectivity index (χ2n) is 6.82. The number of hydrogen-bond donors (Lipinski definition) is 1. The highest BCUT2D eigenvalue weighted by Gasteiger charge is 2.22. The molecule has 1 saturated heterocycles. The average Bonchev–Trinajstić information content (AvgIpc) is 2.67. The van der Waals surface area contributed by atoms with Gasteiger partial charge < -0.3 is 14.7 Å². The van der Waals surface area contributed by atoms with E-state index in [0.29, 0.717) is 18.4 Å². The maximum Gasteiger partial charge on any atom is 0.317 e. The lowest BCUT2D eigenvalue weighted by Crippen LogP contribution is -2.42. The van der Waals surface area contributed by atoms with Gasteiger partial charge in [-0.1, -0.05) is 19.0 Å². The maximum atomic E-state index is 12.3. The summed E-state index contributed by atoms with van der Waals surface area (Å²) in [6.45, 7) is 10.9. The molecule has 0 unspecified atom stereocenters. The van der Waals surface area contributed by atoms with Crippen molar-refractivity contribution in [3.63, 3.8) is 0 Å². The van der Waals surface area contributed by atoms with Gasteiger partial charge in [0.25, 0.3) is 0 Å². The molecule has 2 amide bonds. The summed E-state index contributed by atoms with van der Waals surface area (Å²) in [5.74, 6) is 2.19. The summed E-state index contributed by atoms with van der Waals surface area (Å²) < 4.78 is 5.16. The van der Waals surface area contributed by atoms with Crippen molar-refractivity contribution >= 4 is 6.03 Å². The Morgan fingerprint density at radius 1 is 1.36 bits per heavy atom. The summed E-state index contributed by atoms with van der Waals surface area (Å²) in [5, 5.41) is 7.01. The van der Waals surface area contributed by atoms with E-state index in [2.05, 4.69) is 24.3 Å². The Balaban J connectivity index is 1.73. The number of hydrogen-bond acceptors (Lipinski definition) is 3. The van der Waals surface area contributed by atoms with Crippen LogP contribution in [-0.2, 0) is 6.42 Å². The van der Waals surface area contributed by atoms with Crippen molar-refractivity contribution in [1.82, 2.24) is 15.4 Å². The third kappa shape index (κ3) is 4.49. The molecule has 0 saturated carbocycles. The van der Waals surface area contributed by atoms with Gasteiger partial charge in [0.1, 0.15) is 5.76 Å². The largest absolute Gasteiger partial charge is 0.361 e. The molecule has 1 N–H and O–H groups in total. The number of aryl methyl sites for hydroxylation is 2. The molecular formula is C17H29N3O2. The highest BCUT2D eigenvalue weighted by atomic mass is 16.5. The highest BCUT2D eigenvalue weighted by molar-refractivity contribution is 5.74. The molecule has 2 atom stereocenters. The van der Waals surface area contributed by atoms with Crippen LogP contribution in [0.25, 0.3) is 0 Å². The molecule has 5 nitrogen and oxygen atoms in total. The molecule has 1 aliphatic heterocycles. The fourth-order valence-electron chi connectivity index (χ4n) is 3.34. The van der Waals surface area contributed by atoms with Crippen LogP contribution in [0.15, 0.2) is 4.52 Å². The first-order chi connectivity index (χ1) is 10.5. The zero-order chi connectivity index (χ0) is 16.1. The smallest absolute Gasteiger partial charge is 0.317 e. The highest BCUT2D eigenvalue weighted by Crippen LogP contribution is 2.21. The van der Waals surface area contributed by atoms with Crippen LogP contribution >= 0.6 is 0 Å². The van der Waals surface area contributed by atoms with Crippen molar-refractivity contribution in [3.05, 3.63) is 17.0 Å². The number of amides is 2. The number of aromatic nitrogens is 1. The standard InChI is InChI=1S/C17H29N3O2/c1-12-7-9-20(11-13(2)10-12)17(21)18-8-5-6-16-14(3)19-22-15(16)4/h12-13H,5-11H2,1-4H3,(H,18,21)/t12-,13+/m1/s1. The summed E-state index contributed by atoms with van der Waals surface area (Å²) >= 11 is 0. The van der Waals surface area contributed by atoms with E-state index in [-0.39, 0.29) is 6.03 Å². The number of likely N-dealkylation sites (tertiary alicyclic amines) is 1. The fraction of sp³-hybridized carbons (Fsp3) is 0.765. The lowest BCUT2D eigenvalue weighted by Gasteiger charge is -2.23. The van der Waals surface area contributed by atoms with Gasteiger partial charge >= 0.3 is 6.03 Å². The van der Waals surface area contributed by atoms with E-state index in [4.69, 9.17) is 4.52 Å². The van der Waals surface area contributed by atoms with Crippen LogP contribution in [-0.4, -0.2) is 35.7 Å². The molecule has 22 heavy (non-hydrogen) atoms. The van der Waals surface area contributed by atoms with E-state index in [1.165, 1.54) is 12.0 Å². The third-order valence-corrected chi connectivity index (χ3v) is 4.58. The first-order valence-corrected chi connectivity index (χ1v) is 8.42. The normalized spacial score (nSPS) is 22.5. The molecule has 1 fully saturated rings. The molecule has 0 bridgehead atoms. The van der Waals surface area contributed by atoms with Gasteiger partial charge in [-0.05, 0) is 51.4 Å². The minimum Gasteiger partial charge on any atom is -0.361 e. The SMILES string of the molecule is Cc1noc(C)c1CCCNC(=O)N1CC[C@@H](C)C[C@H](C)C1. The molecule has 0 spiro atoms. The van der Waals surface area contributed by atoms with Crippen LogP contribution in [0.3, 0.4) is 0 Å². The Morgan fingerprint density at radius 2 is 2.14 bits per heavy atom. The van der Waals surface area contributed by atoms with Crippen LogP contribution in [0.2, 0.25) is 0 Å². The van der Waals surface area contributed by atoms with Crippen LogP contribution in [0.1, 0.15) is 50.1 Å². The average molecular weight is 307 g/mol. The minimum atomic E-state index is 0.0831. The zero-order valence-corrected chi connectivity index (χ0v) is 14.3. The zero-order valence-electron chi connectivity index (χ0n) is 14.3. The molecule has 1 aromatic rings. The van der Waals surface area contributed by atoms with Gasteiger partial charge in [0.2, 0.25) is 0 Å². The third-order valence-electron chi connectivity index (χ3n) is 4.58. The first-order valence-electron chi connectivity index (χ1n) is 8.42. The fourth-order valence-corrected chi connectivity index (χ4v) is 3.34. The molecule has 0 radical (unpaired) electrons. The van der Waals surface area contributed by atoms with Gasteiger partial charge in [-0.15, -0.1) is 0 Å². The predicted octanol–water partition coefficient (Wildman–Crippen LogP) is 3.30. The topological polar surface area (TPSA) is 58.4 Å². The predicted molar refractivity (Wildman–Crippen MR) is 86.8 cm³/mol. The van der Waals surface area contributed by atoms with E-state index < -0.39 is 0 Å². The molecule has 0 aliphatic carbocycles. The van der Waals surface area contributed by atoms with Gasteiger partial charge in [0, 0.05) is 25.2 Å². The van der Waals surface area contributed by atoms with E-state index in [1.807, 2.05) is 18.7 Å². The number of carbonyl (C=O) groups is 1. The van der Waals surface area contributed by atoms with Crippen molar-refractivity contribution in [2.45, 2.75) is 53.4 Å². The Hall–Kier alpha value is -1.52. The molecule has 1 aromatic heterocycles. The van der Waals surface area contributed by atoms with E-state index in [1.54, 1.807) is 0 Å². The van der Waals surface area contributed by atoms with Crippen LogP contribution < -0.4 is 5.32 Å². The molecule has 0 aromatic carbocycles. The first kappa shape index (κ1) is 16.8. The number of carbonyl (C=O) groups excluding carboxylic acids is 1. The summed E-state index contributed by atoms with van der Waals surface area (Å²) in [7, 11) is 0. The molecule has 5 heteroatoms. The second-order valence-corrected chi connectivity index (χ2v) is 6.82. The van der Waals surface area contributed by atoms with Crippen LogP contribution in [0.5, 0.6) is 0 Å². The van der Waals surface area contributed by atoms with Gasteiger partial charge in [-0.3, -0.25) is 0 Å². The van der Waals surface area contributed by atoms with E-state index in [9.17, 15) is 4.79 Å². The van der Waals surface area contributed by atoms with E-state index in [0.717, 1.165) is 43.8 Å². The van der Waals surface area contributed by atoms with Crippen LogP contribution in [0.4, 0.5) is 4.79 Å². The molecule has 2 rings (SSSR count). The van der Waals surface area contributed by atoms with Gasteiger partial charge in [-0.25, -0.2) is 4.79 Å². The Morgan fingerprint density at radius 3 is 2.82 bits per heavy atom. The second kappa shape index (κ2) is 7.65. The van der Waals surface area contributed by atoms with Crippen molar-refractivity contribution in [1.29, 1.82) is 0 Å². The Labute approximate surface area is 133 Å². The monoisotopic (exact) mass is 307 g/mol. The number of rotatable bonds is 4. The Kier molecular flexibility index (Phi) is 5.86. The number of nitrogens with one attached hydrogen (secondary N) is 1. The van der Waals surface area contributed by atoms with Gasteiger partial charge in [0.05, 0.1) is 5.69 Å². The Bertz CT molecular complexity index is 479. The van der Waals surface area contributed by atoms with Crippen molar-refractivity contribution in [2.24, 2.45) is 11.8 Å². The quantitative estimate of drug-likeness (QED) is 0.868. The maximum absolute atomic E-state index is 12.3. The number of nitrogens with zero attached hydrogens (tertiary/aromatic N) is 2. The molecule has 2 heterocycles. The summed E-state index contributed by atoms with van der Waals surface area (Å²) in [6.07, 6.45) is 4.13. The van der Waals surface area contributed by atoms with Crippen molar-refractivity contribution in [2.75, 3.05) is 19.6 Å². The van der Waals surface area contributed by atoms with Gasteiger partial charge in [0.15, 0.2) is 0 Å². The van der Waals surface area contributed by atoms with Crippen molar-refractivity contribution < 1.29 is 9.32 Å². The minimum absolute atomic E-state index is 0.0831. The lowest BCUT2D eigenvalue weighted by atomic mass is 9.97. The molecule has 1 aliphatic rings. The van der Waals surface area contributed by atoms with Gasteiger partial charge in [-0.2, -0.15) is 0 Å². The lowest BCUT2D eigenvalue weighted by molar-refractivity contribution is 0.193. The summed E-state index contributed by atoms with van der Waals surface area (Å²) in [5.41, 5.74) is 2.13. The van der Waals surface area contributed by atoms with Crippen molar-refractivity contribution in [3.8, 4) is 0 Å². The molecule has 124 valence electrons. The van der Waals surface area contributed by atoms with Crippen LogP contribution in [0, 0.1) is 25.7 Å². The molecular weight excluding hydrogens is 278 g/mol. The number of urea groups is 1. The van der Waals surface area contributed by atoms with E-state index >= 15 is 0 Å².